The fraction of sp³-hybridized carbons (Fsp3) is 0.467. The molecule has 0 amide bonds. The van der Waals surface area contributed by atoms with Gasteiger partial charge in [-0.05, 0) is 43.5 Å². The lowest BCUT2D eigenvalue weighted by Crippen LogP contribution is -2.29. The zero-order valence-corrected chi connectivity index (χ0v) is 11.9. The molecule has 0 aliphatic carbocycles. The van der Waals surface area contributed by atoms with Crippen LogP contribution in [-0.2, 0) is 0 Å². The molecule has 0 unspecified atom stereocenters. The Hall–Kier alpha value is -0.890. The van der Waals surface area contributed by atoms with Gasteiger partial charge in [-0.1, -0.05) is 32.1 Å². The summed E-state index contributed by atoms with van der Waals surface area (Å²) in [6, 6.07) is 8.22. The van der Waals surface area contributed by atoms with E-state index in [1.165, 1.54) is 11.1 Å². The van der Waals surface area contributed by atoms with Crippen molar-refractivity contribution in [1.82, 2.24) is 0 Å². The first-order chi connectivity index (χ1) is 7.77. The van der Waals surface area contributed by atoms with Crippen molar-refractivity contribution in [3.05, 3.63) is 35.9 Å². The van der Waals surface area contributed by atoms with Crippen molar-refractivity contribution < 1.29 is 0 Å². The molecule has 17 heavy (non-hydrogen) atoms. The highest BCUT2D eigenvalue weighted by Crippen LogP contribution is 2.48. The second-order valence-electron chi connectivity index (χ2n) is 5.93. The topological polar surface area (TPSA) is 26.0 Å². The first-order valence-corrected chi connectivity index (χ1v) is 6.87. The second-order valence-corrected chi connectivity index (χ2v) is 8.30. The molecule has 1 aliphatic heterocycles. The van der Waals surface area contributed by atoms with Crippen molar-refractivity contribution in [2.24, 2.45) is 0 Å². The quantitative estimate of drug-likeness (QED) is 0.747. The van der Waals surface area contributed by atoms with Gasteiger partial charge in [0, 0.05) is 15.2 Å². The minimum Gasteiger partial charge on any atom is -0.399 e. The van der Waals surface area contributed by atoms with Gasteiger partial charge in [-0.15, -0.1) is 11.8 Å². The number of allylic oxidation sites excluding steroid dienone is 1. The maximum atomic E-state index is 5.74. The Morgan fingerprint density at radius 3 is 2.18 bits per heavy atom. The third kappa shape index (κ3) is 3.06. The number of rotatable bonds is 1. The summed E-state index contributed by atoms with van der Waals surface area (Å²) in [5.74, 6) is 0. The summed E-state index contributed by atoms with van der Waals surface area (Å²) in [5.41, 5.74) is 9.32. The van der Waals surface area contributed by atoms with E-state index in [1.54, 1.807) is 0 Å². The van der Waals surface area contributed by atoms with Gasteiger partial charge in [0.25, 0.3) is 0 Å². The SMILES string of the molecule is CC1(C)C=C(c2ccc(N)cc2)CC(C)(C)S1. The molecule has 2 N–H and O–H groups in total. The van der Waals surface area contributed by atoms with Crippen molar-refractivity contribution in [2.75, 3.05) is 5.73 Å². The van der Waals surface area contributed by atoms with Gasteiger partial charge in [0.1, 0.15) is 0 Å². The van der Waals surface area contributed by atoms with E-state index in [0.29, 0.717) is 4.75 Å². The Labute approximate surface area is 108 Å². The molecule has 0 spiro atoms. The summed E-state index contributed by atoms with van der Waals surface area (Å²) in [4.78, 5) is 0. The van der Waals surface area contributed by atoms with Crippen LogP contribution in [0.1, 0.15) is 39.7 Å². The molecule has 0 aromatic heterocycles. The Morgan fingerprint density at radius 1 is 1.06 bits per heavy atom. The highest BCUT2D eigenvalue weighted by Gasteiger charge is 2.34. The summed E-state index contributed by atoms with van der Waals surface area (Å²) >= 11 is 2.05. The summed E-state index contributed by atoms with van der Waals surface area (Å²) in [6.07, 6.45) is 3.51. The van der Waals surface area contributed by atoms with E-state index in [-0.39, 0.29) is 4.75 Å². The van der Waals surface area contributed by atoms with Gasteiger partial charge < -0.3 is 5.73 Å². The van der Waals surface area contributed by atoms with Crippen LogP contribution in [0.3, 0.4) is 0 Å². The lowest BCUT2D eigenvalue weighted by atomic mass is 9.92. The van der Waals surface area contributed by atoms with E-state index in [9.17, 15) is 0 Å². The molecule has 0 radical (unpaired) electrons. The van der Waals surface area contributed by atoms with E-state index < -0.39 is 0 Å². The van der Waals surface area contributed by atoms with Gasteiger partial charge in [-0.3, -0.25) is 0 Å². The van der Waals surface area contributed by atoms with Crippen LogP contribution in [-0.4, -0.2) is 9.49 Å². The normalized spacial score (nSPS) is 22.0. The molecule has 0 fully saturated rings. The van der Waals surface area contributed by atoms with Crippen molar-refractivity contribution in [3.63, 3.8) is 0 Å². The predicted molar refractivity (Wildman–Crippen MR) is 79.2 cm³/mol. The summed E-state index contributed by atoms with van der Waals surface area (Å²) < 4.78 is 0.507. The molecule has 0 saturated carbocycles. The number of hydrogen-bond acceptors (Lipinski definition) is 2. The van der Waals surface area contributed by atoms with Crippen LogP contribution in [0.25, 0.3) is 5.57 Å². The van der Waals surface area contributed by atoms with Crippen LogP contribution in [0.4, 0.5) is 5.69 Å². The van der Waals surface area contributed by atoms with Gasteiger partial charge in [0.15, 0.2) is 0 Å². The summed E-state index contributed by atoms with van der Waals surface area (Å²) in [5, 5.41) is 0. The number of anilines is 1. The number of nitrogen functional groups attached to an aromatic ring is 1. The number of benzene rings is 1. The second kappa shape index (κ2) is 4.09. The first kappa shape index (κ1) is 12.6. The van der Waals surface area contributed by atoms with E-state index in [1.807, 2.05) is 23.9 Å². The maximum Gasteiger partial charge on any atom is 0.0314 e. The molecule has 0 atom stereocenters. The van der Waals surface area contributed by atoms with Crippen LogP contribution in [0.15, 0.2) is 30.3 Å². The molecule has 1 aliphatic rings. The lowest BCUT2D eigenvalue weighted by molar-refractivity contribution is 0.698. The molecule has 1 aromatic rings. The lowest BCUT2D eigenvalue weighted by Gasteiger charge is -2.39. The predicted octanol–water partition coefficient (Wildman–Crippen LogP) is 4.35. The molecular formula is C15H21NS. The Morgan fingerprint density at radius 2 is 1.65 bits per heavy atom. The van der Waals surface area contributed by atoms with Crippen LogP contribution >= 0.6 is 11.8 Å². The zero-order chi connectivity index (χ0) is 12.7. The van der Waals surface area contributed by atoms with Gasteiger partial charge in [0.2, 0.25) is 0 Å². The standard InChI is InChI=1S/C15H21NS/c1-14(2)9-12(10-15(3,4)17-14)11-5-7-13(16)8-6-11/h5-9H,10,16H2,1-4H3. The van der Waals surface area contributed by atoms with Crippen LogP contribution in [0.5, 0.6) is 0 Å². The molecule has 1 heterocycles. The molecule has 92 valence electrons. The van der Waals surface area contributed by atoms with Crippen molar-refractivity contribution in [3.8, 4) is 0 Å². The zero-order valence-electron chi connectivity index (χ0n) is 11.1. The first-order valence-electron chi connectivity index (χ1n) is 6.05. The smallest absolute Gasteiger partial charge is 0.0314 e. The highest BCUT2D eigenvalue weighted by atomic mass is 32.2. The number of hydrogen-bond donors (Lipinski definition) is 1. The van der Waals surface area contributed by atoms with E-state index >= 15 is 0 Å². The van der Waals surface area contributed by atoms with E-state index in [4.69, 9.17) is 5.73 Å². The minimum absolute atomic E-state index is 0.207. The van der Waals surface area contributed by atoms with Gasteiger partial charge in [0.05, 0.1) is 0 Å². The molecule has 2 rings (SSSR count). The largest absolute Gasteiger partial charge is 0.399 e. The molecule has 2 heteroatoms. The average Bonchev–Trinajstić information content (AvgIpc) is 2.13. The van der Waals surface area contributed by atoms with Crippen LogP contribution in [0.2, 0.25) is 0 Å². The van der Waals surface area contributed by atoms with Gasteiger partial charge in [-0.2, -0.15) is 0 Å². The molecule has 0 saturated heterocycles. The van der Waals surface area contributed by atoms with Crippen molar-refractivity contribution >= 4 is 23.0 Å². The fourth-order valence-corrected chi connectivity index (χ4v) is 4.44. The summed E-state index contributed by atoms with van der Waals surface area (Å²) in [7, 11) is 0. The third-order valence-corrected chi connectivity index (χ3v) is 4.30. The van der Waals surface area contributed by atoms with Crippen LogP contribution < -0.4 is 5.73 Å². The van der Waals surface area contributed by atoms with Gasteiger partial charge >= 0.3 is 0 Å². The molecular weight excluding hydrogens is 226 g/mol. The molecule has 1 aromatic carbocycles. The fourth-order valence-electron chi connectivity index (χ4n) is 2.59. The monoisotopic (exact) mass is 247 g/mol. The van der Waals surface area contributed by atoms with Crippen molar-refractivity contribution in [1.29, 1.82) is 0 Å². The highest BCUT2D eigenvalue weighted by molar-refractivity contribution is 8.02. The molecule has 0 bridgehead atoms. The Bertz CT molecular complexity index is 440. The Kier molecular flexibility index (Phi) is 3.03. The Balaban J connectivity index is 2.38. The minimum atomic E-state index is 0.207. The maximum absolute atomic E-state index is 5.74. The molecule has 1 nitrogen and oxygen atoms in total. The van der Waals surface area contributed by atoms with Crippen molar-refractivity contribution in [2.45, 2.75) is 43.6 Å². The summed E-state index contributed by atoms with van der Waals surface area (Å²) in [6.45, 7) is 9.22. The number of nitrogens with two attached hydrogens (primary N) is 1. The van der Waals surface area contributed by atoms with E-state index in [2.05, 4.69) is 45.9 Å². The van der Waals surface area contributed by atoms with E-state index in [0.717, 1.165) is 12.1 Å². The average molecular weight is 247 g/mol. The van der Waals surface area contributed by atoms with Gasteiger partial charge in [-0.25, -0.2) is 0 Å². The number of thioether (sulfide) groups is 1. The van der Waals surface area contributed by atoms with Crippen LogP contribution in [0, 0.1) is 0 Å². The third-order valence-electron chi connectivity index (χ3n) is 2.96.